The number of hydrogen-bond donors (Lipinski definition) is 0. The highest BCUT2D eigenvalue weighted by Gasteiger charge is 2.37. The third-order valence-electron chi connectivity index (χ3n) is 1.89. The van der Waals surface area contributed by atoms with Gasteiger partial charge in [-0.2, -0.15) is 26.3 Å². The van der Waals surface area contributed by atoms with Crippen molar-refractivity contribution in [2.45, 2.75) is 19.0 Å². The van der Waals surface area contributed by atoms with E-state index in [1.165, 1.54) is 0 Å². The second-order valence-corrected chi connectivity index (χ2v) is 3.00. The second kappa shape index (κ2) is 3.95. The van der Waals surface area contributed by atoms with Crippen molar-refractivity contribution < 1.29 is 30.7 Å². The summed E-state index contributed by atoms with van der Waals surface area (Å²) in [6, 6.07) is 0.824. The average Bonchev–Trinajstić information content (AvgIpc) is 2.14. The summed E-state index contributed by atoms with van der Waals surface area (Å²) < 4.78 is 85.4. The van der Waals surface area contributed by atoms with Crippen molar-refractivity contribution in [2.24, 2.45) is 0 Å². The molecule has 0 N–H and O–H groups in total. The number of alkyl halides is 7. The fourth-order valence-electron chi connectivity index (χ4n) is 1.13. The third-order valence-corrected chi connectivity index (χ3v) is 1.89. The molecule has 0 aliphatic heterocycles. The molecule has 1 aromatic carbocycles. The Kier molecular flexibility index (Phi) is 3.16. The summed E-state index contributed by atoms with van der Waals surface area (Å²) in [6.45, 7) is -1.47. The molecule has 0 bridgehead atoms. The Morgan fingerprint density at radius 3 is 1.81 bits per heavy atom. The summed E-state index contributed by atoms with van der Waals surface area (Å²) in [5.74, 6) is 0. The first-order valence-electron chi connectivity index (χ1n) is 3.99. The van der Waals surface area contributed by atoms with E-state index in [1.807, 2.05) is 0 Å². The van der Waals surface area contributed by atoms with Gasteiger partial charge in [0.2, 0.25) is 0 Å². The molecule has 1 aromatic rings. The van der Waals surface area contributed by atoms with Crippen LogP contribution in [0.5, 0.6) is 0 Å². The normalized spacial score (nSPS) is 12.9. The van der Waals surface area contributed by atoms with Crippen LogP contribution < -0.4 is 0 Å². The van der Waals surface area contributed by atoms with Crippen molar-refractivity contribution in [3.05, 3.63) is 34.9 Å². The van der Waals surface area contributed by atoms with E-state index in [0.29, 0.717) is 12.1 Å². The summed E-state index contributed by atoms with van der Waals surface area (Å²) in [5, 5.41) is 0. The molecule has 0 heterocycles. The van der Waals surface area contributed by atoms with Crippen LogP contribution in [0.2, 0.25) is 0 Å². The lowest BCUT2D eigenvalue weighted by atomic mass is 10.0. The number of halogens is 7. The molecule has 16 heavy (non-hydrogen) atoms. The predicted molar refractivity (Wildman–Crippen MR) is 41.3 cm³/mol. The molecule has 1 rings (SSSR count). The van der Waals surface area contributed by atoms with Gasteiger partial charge < -0.3 is 0 Å². The SMILES string of the molecule is FCc1ccc(C(F)(F)F)cc1C(F)(F)F. The fourth-order valence-corrected chi connectivity index (χ4v) is 1.13. The van der Waals surface area contributed by atoms with E-state index < -0.39 is 35.7 Å². The second-order valence-electron chi connectivity index (χ2n) is 3.00. The van der Waals surface area contributed by atoms with Gasteiger partial charge in [0.15, 0.2) is 0 Å². The molecule has 0 aliphatic carbocycles. The van der Waals surface area contributed by atoms with Crippen LogP contribution in [0.25, 0.3) is 0 Å². The molecule has 90 valence electrons. The van der Waals surface area contributed by atoms with Gasteiger partial charge in [-0.1, -0.05) is 6.07 Å². The summed E-state index contributed by atoms with van der Waals surface area (Å²) in [5.41, 5.74) is -3.85. The molecule has 0 unspecified atom stereocenters. The van der Waals surface area contributed by atoms with Gasteiger partial charge in [0.1, 0.15) is 6.67 Å². The van der Waals surface area contributed by atoms with Crippen LogP contribution in [0.15, 0.2) is 18.2 Å². The Morgan fingerprint density at radius 2 is 1.44 bits per heavy atom. The Balaban J connectivity index is 3.34. The van der Waals surface area contributed by atoms with Crippen molar-refractivity contribution in [1.29, 1.82) is 0 Å². The zero-order chi connectivity index (χ0) is 12.6. The predicted octanol–water partition coefficient (Wildman–Crippen LogP) is 4.19. The van der Waals surface area contributed by atoms with E-state index in [4.69, 9.17) is 0 Å². The van der Waals surface area contributed by atoms with E-state index in [-0.39, 0.29) is 6.07 Å². The molecule has 0 saturated heterocycles. The van der Waals surface area contributed by atoms with Crippen LogP contribution in [0.1, 0.15) is 16.7 Å². The molecular formula is C9H5F7. The van der Waals surface area contributed by atoms with Crippen molar-refractivity contribution in [3.63, 3.8) is 0 Å². The van der Waals surface area contributed by atoms with Crippen LogP contribution in [-0.4, -0.2) is 0 Å². The topological polar surface area (TPSA) is 0 Å². The van der Waals surface area contributed by atoms with Gasteiger partial charge in [-0.3, -0.25) is 0 Å². The van der Waals surface area contributed by atoms with Crippen molar-refractivity contribution in [2.75, 3.05) is 0 Å². The smallest absolute Gasteiger partial charge is 0.246 e. The summed E-state index contributed by atoms with van der Waals surface area (Å²) in [7, 11) is 0. The first-order chi connectivity index (χ1) is 7.16. The fraction of sp³-hybridized carbons (Fsp3) is 0.333. The first kappa shape index (κ1) is 12.8. The van der Waals surface area contributed by atoms with E-state index in [2.05, 4.69) is 0 Å². The molecule has 0 radical (unpaired) electrons. The van der Waals surface area contributed by atoms with E-state index >= 15 is 0 Å². The van der Waals surface area contributed by atoms with Gasteiger partial charge in [0.25, 0.3) is 0 Å². The highest BCUT2D eigenvalue weighted by Crippen LogP contribution is 2.37. The molecule has 0 aliphatic rings. The molecule has 0 atom stereocenters. The maximum absolute atomic E-state index is 12.3. The van der Waals surface area contributed by atoms with E-state index in [1.54, 1.807) is 0 Å². The van der Waals surface area contributed by atoms with Crippen LogP contribution in [0.4, 0.5) is 30.7 Å². The van der Waals surface area contributed by atoms with Gasteiger partial charge in [-0.05, 0) is 17.7 Å². The molecule has 0 saturated carbocycles. The minimum atomic E-state index is -5.00. The van der Waals surface area contributed by atoms with Crippen molar-refractivity contribution >= 4 is 0 Å². The maximum atomic E-state index is 12.3. The highest BCUT2D eigenvalue weighted by atomic mass is 19.4. The summed E-state index contributed by atoms with van der Waals surface area (Å²) in [6.07, 6.45) is -9.88. The standard InChI is InChI=1S/C9H5F7/c10-4-5-1-2-6(8(11,12)13)3-7(5)9(14,15)16/h1-3H,4H2. The number of benzene rings is 1. The Hall–Kier alpha value is -1.27. The highest BCUT2D eigenvalue weighted by molar-refractivity contribution is 5.35. The molecular weight excluding hydrogens is 241 g/mol. The Morgan fingerprint density at radius 1 is 0.875 bits per heavy atom. The number of rotatable bonds is 1. The van der Waals surface area contributed by atoms with Gasteiger partial charge in [-0.15, -0.1) is 0 Å². The third kappa shape index (κ3) is 2.65. The first-order valence-corrected chi connectivity index (χ1v) is 3.99. The molecule has 0 amide bonds. The lowest BCUT2D eigenvalue weighted by Crippen LogP contribution is -2.12. The molecule has 0 spiro atoms. The van der Waals surface area contributed by atoms with Crippen LogP contribution in [-0.2, 0) is 19.0 Å². The van der Waals surface area contributed by atoms with Gasteiger partial charge in [-0.25, -0.2) is 4.39 Å². The molecule has 0 fully saturated rings. The quantitative estimate of drug-likeness (QED) is 0.651. The van der Waals surface area contributed by atoms with Gasteiger partial charge in [0, 0.05) is 0 Å². The van der Waals surface area contributed by atoms with Gasteiger partial charge in [0.05, 0.1) is 11.1 Å². The van der Waals surface area contributed by atoms with Crippen molar-refractivity contribution in [1.82, 2.24) is 0 Å². The number of hydrogen-bond acceptors (Lipinski definition) is 0. The van der Waals surface area contributed by atoms with Crippen LogP contribution in [0.3, 0.4) is 0 Å². The van der Waals surface area contributed by atoms with Crippen LogP contribution in [0, 0.1) is 0 Å². The maximum Gasteiger partial charge on any atom is 0.416 e. The van der Waals surface area contributed by atoms with Gasteiger partial charge >= 0.3 is 12.4 Å². The Labute approximate surface area is 85.7 Å². The van der Waals surface area contributed by atoms with Crippen LogP contribution >= 0.6 is 0 Å². The minimum Gasteiger partial charge on any atom is -0.246 e. The largest absolute Gasteiger partial charge is 0.416 e. The van der Waals surface area contributed by atoms with Crippen molar-refractivity contribution in [3.8, 4) is 0 Å². The average molecular weight is 246 g/mol. The monoisotopic (exact) mass is 246 g/mol. The van der Waals surface area contributed by atoms with E-state index in [0.717, 1.165) is 0 Å². The zero-order valence-corrected chi connectivity index (χ0v) is 7.58. The summed E-state index contributed by atoms with van der Waals surface area (Å²) >= 11 is 0. The minimum absolute atomic E-state index is 0.0884. The molecule has 0 aromatic heterocycles. The lowest BCUT2D eigenvalue weighted by Gasteiger charge is -2.14. The molecule has 0 nitrogen and oxygen atoms in total. The van der Waals surface area contributed by atoms with E-state index in [9.17, 15) is 30.7 Å². The zero-order valence-electron chi connectivity index (χ0n) is 7.58. The lowest BCUT2D eigenvalue weighted by molar-refractivity contribution is -0.143. The summed E-state index contributed by atoms with van der Waals surface area (Å²) in [4.78, 5) is 0. The Bertz CT molecular complexity index is 374. The molecule has 7 heteroatoms.